The quantitative estimate of drug-likeness (QED) is 0.858. The highest BCUT2D eigenvalue weighted by molar-refractivity contribution is 6.31. The van der Waals surface area contributed by atoms with Gasteiger partial charge < -0.3 is 5.11 Å². The molecule has 2 rings (SSSR count). The molecule has 0 amide bonds. The molecule has 1 aromatic heterocycles. The highest BCUT2D eigenvalue weighted by Crippen LogP contribution is 2.26. The van der Waals surface area contributed by atoms with Crippen LogP contribution >= 0.6 is 11.6 Å². The van der Waals surface area contributed by atoms with E-state index in [1.165, 1.54) is 0 Å². The van der Waals surface area contributed by atoms with Crippen LogP contribution in [0.1, 0.15) is 31.0 Å². The summed E-state index contributed by atoms with van der Waals surface area (Å²) in [5, 5.41) is 10.2. The Balaban J connectivity index is 2.69. The molecule has 0 atom stereocenters. The first-order valence-electron chi connectivity index (χ1n) is 5.98. The van der Waals surface area contributed by atoms with Crippen LogP contribution in [0.25, 0.3) is 17.0 Å². The summed E-state index contributed by atoms with van der Waals surface area (Å²) in [4.78, 5) is 15.2. The lowest BCUT2D eigenvalue weighted by Crippen LogP contribution is -1.95. The first-order valence-corrected chi connectivity index (χ1v) is 6.36. The highest BCUT2D eigenvalue weighted by Gasteiger charge is 2.07. The van der Waals surface area contributed by atoms with Gasteiger partial charge in [-0.15, -0.1) is 0 Å². The molecule has 0 spiro atoms. The number of hydrogen-bond acceptors (Lipinski definition) is 2. The van der Waals surface area contributed by atoms with Crippen molar-refractivity contribution in [2.75, 3.05) is 0 Å². The van der Waals surface area contributed by atoms with Gasteiger partial charge in [-0.3, -0.25) is 4.98 Å². The van der Waals surface area contributed by atoms with Crippen LogP contribution < -0.4 is 0 Å². The molecule has 19 heavy (non-hydrogen) atoms. The smallest absolute Gasteiger partial charge is 0.328 e. The lowest BCUT2D eigenvalue weighted by Gasteiger charge is -2.09. The third-order valence-corrected chi connectivity index (χ3v) is 3.05. The number of halogens is 1. The van der Waals surface area contributed by atoms with Crippen LogP contribution in [0, 0.1) is 0 Å². The Morgan fingerprint density at radius 3 is 2.74 bits per heavy atom. The zero-order chi connectivity index (χ0) is 14.0. The normalized spacial score (nSPS) is 11.6. The van der Waals surface area contributed by atoms with Crippen molar-refractivity contribution in [1.82, 2.24) is 4.98 Å². The standard InChI is InChI=1S/C15H14ClNO2/c1-9(2)14-7-10(3-6-15(18)19)12-8-11(16)4-5-13(12)17-14/h3-9H,1-2H3,(H,18,19)/b6-3+. The van der Waals surface area contributed by atoms with Gasteiger partial charge in [-0.1, -0.05) is 25.4 Å². The van der Waals surface area contributed by atoms with Gasteiger partial charge in [0.1, 0.15) is 0 Å². The summed E-state index contributed by atoms with van der Waals surface area (Å²) in [5.74, 6) is -0.699. The van der Waals surface area contributed by atoms with Gasteiger partial charge >= 0.3 is 5.97 Å². The predicted molar refractivity (Wildman–Crippen MR) is 77.5 cm³/mol. The van der Waals surface area contributed by atoms with Crippen molar-refractivity contribution < 1.29 is 9.90 Å². The molecular formula is C15H14ClNO2. The van der Waals surface area contributed by atoms with Crippen molar-refractivity contribution in [1.29, 1.82) is 0 Å². The van der Waals surface area contributed by atoms with Crippen LogP contribution in [-0.4, -0.2) is 16.1 Å². The maximum Gasteiger partial charge on any atom is 0.328 e. The second-order valence-electron chi connectivity index (χ2n) is 4.62. The van der Waals surface area contributed by atoms with Crippen molar-refractivity contribution in [3.8, 4) is 0 Å². The Labute approximate surface area is 116 Å². The first-order chi connectivity index (χ1) is 8.97. The number of pyridine rings is 1. The first kappa shape index (κ1) is 13.6. The number of carboxylic acid groups (broad SMARTS) is 1. The fourth-order valence-electron chi connectivity index (χ4n) is 1.84. The third kappa shape index (κ3) is 3.12. The highest BCUT2D eigenvalue weighted by atomic mass is 35.5. The predicted octanol–water partition coefficient (Wildman–Crippen LogP) is 4.11. The Bertz CT molecular complexity index is 662. The van der Waals surface area contributed by atoms with Crippen LogP contribution in [0.2, 0.25) is 5.02 Å². The second-order valence-corrected chi connectivity index (χ2v) is 5.06. The average Bonchev–Trinajstić information content (AvgIpc) is 2.35. The van der Waals surface area contributed by atoms with Gasteiger partial charge in [-0.25, -0.2) is 4.79 Å². The third-order valence-electron chi connectivity index (χ3n) is 2.82. The van der Waals surface area contributed by atoms with Crippen LogP contribution in [0.4, 0.5) is 0 Å². The summed E-state index contributed by atoms with van der Waals surface area (Å²) in [7, 11) is 0. The molecule has 0 saturated heterocycles. The van der Waals surface area contributed by atoms with E-state index in [0.717, 1.165) is 28.2 Å². The van der Waals surface area contributed by atoms with E-state index in [4.69, 9.17) is 16.7 Å². The molecule has 1 heterocycles. The van der Waals surface area contributed by atoms with E-state index in [1.807, 2.05) is 12.1 Å². The molecule has 0 unspecified atom stereocenters. The fraction of sp³-hybridized carbons (Fsp3) is 0.200. The van der Waals surface area contributed by atoms with Gasteiger partial charge in [-0.2, -0.15) is 0 Å². The average molecular weight is 276 g/mol. The Kier molecular flexibility index (Phi) is 3.86. The fourth-order valence-corrected chi connectivity index (χ4v) is 2.01. The van der Waals surface area contributed by atoms with E-state index in [0.29, 0.717) is 5.02 Å². The molecule has 0 saturated carbocycles. The van der Waals surface area contributed by atoms with E-state index >= 15 is 0 Å². The summed E-state index contributed by atoms with van der Waals surface area (Å²) in [6.45, 7) is 4.10. The zero-order valence-electron chi connectivity index (χ0n) is 10.7. The monoisotopic (exact) mass is 275 g/mol. The van der Waals surface area contributed by atoms with E-state index in [9.17, 15) is 4.79 Å². The number of aliphatic carboxylic acids is 1. The van der Waals surface area contributed by atoms with Gasteiger partial charge in [0.15, 0.2) is 0 Å². The molecule has 3 nitrogen and oxygen atoms in total. The Hall–Kier alpha value is -1.87. The minimum atomic E-state index is -0.974. The summed E-state index contributed by atoms with van der Waals surface area (Å²) in [6, 6.07) is 7.34. The molecule has 0 aliphatic rings. The molecule has 0 radical (unpaired) electrons. The van der Waals surface area contributed by atoms with Crippen molar-refractivity contribution in [2.24, 2.45) is 0 Å². The Morgan fingerprint density at radius 1 is 1.37 bits per heavy atom. The lowest BCUT2D eigenvalue weighted by atomic mass is 10.0. The van der Waals surface area contributed by atoms with Crippen molar-refractivity contribution in [3.05, 3.63) is 46.6 Å². The summed E-state index contributed by atoms with van der Waals surface area (Å²) >= 11 is 5.99. The second kappa shape index (κ2) is 5.41. The van der Waals surface area contributed by atoms with Gasteiger partial charge in [0.05, 0.1) is 5.52 Å². The SMILES string of the molecule is CC(C)c1cc(/C=C/C(=O)O)c2cc(Cl)ccc2n1. The van der Waals surface area contributed by atoms with Gasteiger partial charge in [-0.05, 0) is 41.8 Å². The number of aromatic nitrogens is 1. The Morgan fingerprint density at radius 2 is 2.11 bits per heavy atom. The van der Waals surface area contributed by atoms with Crippen LogP contribution in [0.15, 0.2) is 30.3 Å². The molecule has 1 N–H and O–H groups in total. The summed E-state index contributed by atoms with van der Waals surface area (Å²) in [5.41, 5.74) is 2.57. The molecule has 0 aliphatic heterocycles. The summed E-state index contributed by atoms with van der Waals surface area (Å²) < 4.78 is 0. The summed E-state index contributed by atoms with van der Waals surface area (Å²) in [6.07, 6.45) is 2.70. The minimum absolute atomic E-state index is 0.275. The van der Waals surface area contributed by atoms with E-state index in [1.54, 1.807) is 18.2 Å². The topological polar surface area (TPSA) is 50.2 Å². The van der Waals surface area contributed by atoms with E-state index in [2.05, 4.69) is 18.8 Å². The molecule has 98 valence electrons. The molecule has 0 aliphatic carbocycles. The number of rotatable bonds is 3. The van der Waals surface area contributed by atoms with Crippen LogP contribution in [-0.2, 0) is 4.79 Å². The van der Waals surface area contributed by atoms with Crippen molar-refractivity contribution in [3.63, 3.8) is 0 Å². The number of benzene rings is 1. The number of carboxylic acids is 1. The van der Waals surface area contributed by atoms with Crippen molar-refractivity contribution in [2.45, 2.75) is 19.8 Å². The number of nitrogens with zero attached hydrogens (tertiary/aromatic N) is 1. The molecule has 4 heteroatoms. The maximum absolute atomic E-state index is 10.7. The molecule has 0 bridgehead atoms. The number of fused-ring (bicyclic) bond motifs is 1. The number of hydrogen-bond donors (Lipinski definition) is 1. The lowest BCUT2D eigenvalue weighted by molar-refractivity contribution is -0.131. The largest absolute Gasteiger partial charge is 0.478 e. The van der Waals surface area contributed by atoms with Gasteiger partial charge in [0, 0.05) is 22.2 Å². The maximum atomic E-state index is 10.7. The van der Waals surface area contributed by atoms with Crippen molar-refractivity contribution >= 4 is 34.5 Å². The van der Waals surface area contributed by atoms with E-state index < -0.39 is 5.97 Å². The van der Waals surface area contributed by atoms with E-state index in [-0.39, 0.29) is 5.92 Å². The van der Waals surface area contributed by atoms with Crippen LogP contribution in [0.5, 0.6) is 0 Å². The minimum Gasteiger partial charge on any atom is -0.478 e. The zero-order valence-corrected chi connectivity index (χ0v) is 11.5. The van der Waals surface area contributed by atoms with Gasteiger partial charge in [0.25, 0.3) is 0 Å². The van der Waals surface area contributed by atoms with Gasteiger partial charge in [0.2, 0.25) is 0 Å². The number of carbonyl (C=O) groups is 1. The molecule has 2 aromatic rings. The van der Waals surface area contributed by atoms with Crippen LogP contribution in [0.3, 0.4) is 0 Å². The molecular weight excluding hydrogens is 262 g/mol. The molecule has 1 aromatic carbocycles. The molecule has 0 fully saturated rings.